The lowest BCUT2D eigenvalue weighted by Gasteiger charge is -2.05. The lowest BCUT2D eigenvalue weighted by molar-refractivity contribution is 0.237. The summed E-state index contributed by atoms with van der Waals surface area (Å²) in [6.07, 6.45) is 3.29. The average Bonchev–Trinajstić information content (AvgIpc) is 2.85. The highest BCUT2D eigenvalue weighted by atomic mass is 79.9. The molecule has 2 aromatic heterocycles. The van der Waals surface area contributed by atoms with Gasteiger partial charge in [0.15, 0.2) is 0 Å². The first-order chi connectivity index (χ1) is 8.08. The van der Waals surface area contributed by atoms with Crippen LogP contribution in [0.5, 0.6) is 0 Å². The molecule has 2 heterocycles. The van der Waals surface area contributed by atoms with E-state index in [4.69, 9.17) is 0 Å². The summed E-state index contributed by atoms with van der Waals surface area (Å²) in [4.78, 5) is 19.9. The van der Waals surface area contributed by atoms with Crippen LogP contribution in [0.3, 0.4) is 0 Å². The zero-order valence-corrected chi connectivity index (χ0v) is 11.0. The van der Waals surface area contributed by atoms with E-state index in [2.05, 4.69) is 36.1 Å². The smallest absolute Gasteiger partial charge is 0.243 e. The molecule has 0 aliphatic heterocycles. The van der Waals surface area contributed by atoms with Crippen molar-refractivity contribution in [3.05, 3.63) is 23.2 Å². The molecular formula is C9H11BrN6O. The van der Waals surface area contributed by atoms with Gasteiger partial charge in [0, 0.05) is 6.42 Å². The zero-order valence-electron chi connectivity index (χ0n) is 9.41. The van der Waals surface area contributed by atoms with E-state index in [0.717, 1.165) is 4.68 Å². The minimum Gasteiger partial charge on any atom is -0.243 e. The summed E-state index contributed by atoms with van der Waals surface area (Å²) in [5.41, 5.74) is 0. The van der Waals surface area contributed by atoms with Crippen molar-refractivity contribution >= 4 is 22.0 Å². The van der Waals surface area contributed by atoms with Crippen molar-refractivity contribution in [3.8, 4) is 0 Å². The van der Waals surface area contributed by atoms with Gasteiger partial charge in [0.1, 0.15) is 18.5 Å². The Bertz CT molecular complexity index is 518. The van der Waals surface area contributed by atoms with Crippen LogP contribution in [0.1, 0.15) is 19.7 Å². The van der Waals surface area contributed by atoms with Gasteiger partial charge in [0.25, 0.3) is 0 Å². The number of carbonyl (C=O) groups is 1. The molecule has 0 saturated carbocycles. The van der Waals surface area contributed by atoms with Gasteiger partial charge in [-0.05, 0) is 21.8 Å². The van der Waals surface area contributed by atoms with Gasteiger partial charge in [0.05, 0.1) is 0 Å². The fraction of sp³-hybridized carbons (Fsp3) is 0.444. The summed E-state index contributed by atoms with van der Waals surface area (Å²) < 4.78 is 2.74. The Balaban J connectivity index is 2.34. The van der Waals surface area contributed by atoms with E-state index < -0.39 is 6.03 Å². The summed E-state index contributed by atoms with van der Waals surface area (Å²) >= 11 is 3.16. The van der Waals surface area contributed by atoms with E-state index in [1.165, 1.54) is 17.3 Å². The van der Waals surface area contributed by atoms with Gasteiger partial charge in [-0.2, -0.15) is 14.5 Å². The maximum atomic E-state index is 12.0. The molecule has 0 fully saturated rings. The monoisotopic (exact) mass is 298 g/mol. The summed E-state index contributed by atoms with van der Waals surface area (Å²) in [5, 5.41) is 7.78. The predicted octanol–water partition coefficient (Wildman–Crippen LogP) is 1.35. The van der Waals surface area contributed by atoms with Crippen LogP contribution < -0.4 is 0 Å². The molecule has 0 saturated heterocycles. The highest BCUT2D eigenvalue weighted by molar-refractivity contribution is 9.10. The third-order valence-electron chi connectivity index (χ3n) is 2.04. The van der Waals surface area contributed by atoms with Crippen LogP contribution in [0, 0.1) is 5.92 Å². The number of halogens is 1. The van der Waals surface area contributed by atoms with E-state index in [1.807, 2.05) is 13.8 Å². The van der Waals surface area contributed by atoms with E-state index in [0.29, 0.717) is 22.9 Å². The van der Waals surface area contributed by atoms with Gasteiger partial charge in [-0.15, -0.1) is 5.10 Å². The van der Waals surface area contributed by atoms with Crippen molar-refractivity contribution in [3.63, 3.8) is 0 Å². The first-order valence-electron chi connectivity index (χ1n) is 5.08. The molecule has 2 aromatic rings. The molecule has 0 amide bonds. The number of rotatable bonds is 2. The fourth-order valence-electron chi connectivity index (χ4n) is 1.37. The van der Waals surface area contributed by atoms with Crippen molar-refractivity contribution < 1.29 is 4.79 Å². The normalized spacial score (nSPS) is 11.1. The molecule has 2 rings (SSSR count). The highest BCUT2D eigenvalue weighted by Crippen LogP contribution is 2.10. The van der Waals surface area contributed by atoms with Crippen LogP contribution in [0.2, 0.25) is 0 Å². The van der Waals surface area contributed by atoms with Gasteiger partial charge in [-0.3, -0.25) is 0 Å². The zero-order chi connectivity index (χ0) is 12.4. The molecule has 0 radical (unpaired) electrons. The van der Waals surface area contributed by atoms with Gasteiger partial charge >= 0.3 is 6.03 Å². The molecule has 0 aliphatic rings. The van der Waals surface area contributed by atoms with Crippen LogP contribution in [0.4, 0.5) is 4.79 Å². The molecular weight excluding hydrogens is 288 g/mol. The molecule has 0 bridgehead atoms. The Morgan fingerprint density at radius 3 is 2.88 bits per heavy atom. The molecule has 8 heteroatoms. The molecule has 0 unspecified atom stereocenters. The maximum Gasteiger partial charge on any atom is 0.372 e. The molecule has 17 heavy (non-hydrogen) atoms. The second kappa shape index (κ2) is 4.74. The Morgan fingerprint density at radius 1 is 1.53 bits per heavy atom. The molecule has 7 nitrogen and oxygen atoms in total. The van der Waals surface area contributed by atoms with Crippen LogP contribution in [-0.4, -0.2) is 35.6 Å². The van der Waals surface area contributed by atoms with E-state index in [-0.39, 0.29) is 0 Å². The Kier molecular flexibility index (Phi) is 3.32. The first-order valence-corrected chi connectivity index (χ1v) is 5.88. The molecule has 0 spiro atoms. The number of nitrogens with zero attached hydrogens (tertiary/aromatic N) is 6. The average molecular weight is 299 g/mol. The second-order valence-corrected chi connectivity index (χ2v) is 4.64. The molecule has 0 aromatic carbocycles. The van der Waals surface area contributed by atoms with Crippen LogP contribution in [0.25, 0.3) is 0 Å². The minimum atomic E-state index is -0.392. The number of aromatic nitrogens is 6. The topological polar surface area (TPSA) is 78.5 Å². The van der Waals surface area contributed by atoms with E-state index in [1.54, 1.807) is 0 Å². The standard InChI is InChI=1S/C9H11BrN6O/c1-6(2)3-7-13-8(10)14-16(7)9(17)15-5-11-4-12-15/h4-6H,3H2,1-2H3. The summed E-state index contributed by atoms with van der Waals surface area (Å²) in [6.45, 7) is 4.10. The van der Waals surface area contributed by atoms with Gasteiger partial charge < -0.3 is 0 Å². The van der Waals surface area contributed by atoms with Crippen LogP contribution in [0.15, 0.2) is 17.4 Å². The van der Waals surface area contributed by atoms with Crippen LogP contribution >= 0.6 is 15.9 Å². The lowest BCUT2D eigenvalue weighted by atomic mass is 10.1. The predicted molar refractivity (Wildman–Crippen MR) is 62.5 cm³/mol. The summed E-state index contributed by atoms with van der Waals surface area (Å²) in [6, 6.07) is -0.392. The van der Waals surface area contributed by atoms with E-state index >= 15 is 0 Å². The van der Waals surface area contributed by atoms with Crippen LogP contribution in [-0.2, 0) is 6.42 Å². The Hall–Kier alpha value is -1.57. The van der Waals surface area contributed by atoms with Gasteiger partial charge in [0.2, 0.25) is 4.73 Å². The Morgan fingerprint density at radius 2 is 2.29 bits per heavy atom. The second-order valence-electron chi connectivity index (χ2n) is 3.93. The molecule has 90 valence electrons. The number of hydrogen-bond acceptors (Lipinski definition) is 5. The van der Waals surface area contributed by atoms with Crippen molar-refractivity contribution in [2.24, 2.45) is 5.92 Å². The molecule has 0 aliphatic carbocycles. The van der Waals surface area contributed by atoms with Gasteiger partial charge in [-0.1, -0.05) is 13.8 Å². The third-order valence-corrected chi connectivity index (χ3v) is 2.37. The molecule has 0 N–H and O–H groups in total. The number of hydrogen-bond donors (Lipinski definition) is 0. The first kappa shape index (κ1) is 11.9. The van der Waals surface area contributed by atoms with Gasteiger partial charge in [-0.25, -0.2) is 14.8 Å². The largest absolute Gasteiger partial charge is 0.372 e. The third kappa shape index (κ3) is 2.57. The minimum absolute atomic E-state index is 0.383. The fourth-order valence-corrected chi connectivity index (χ4v) is 1.73. The summed E-state index contributed by atoms with van der Waals surface area (Å²) in [7, 11) is 0. The van der Waals surface area contributed by atoms with Crippen molar-refractivity contribution in [1.29, 1.82) is 0 Å². The maximum absolute atomic E-state index is 12.0. The van der Waals surface area contributed by atoms with Crippen molar-refractivity contribution in [1.82, 2.24) is 29.5 Å². The SMILES string of the molecule is CC(C)Cc1nc(Br)nn1C(=O)n1cncn1. The number of carbonyl (C=O) groups excluding carboxylic acids is 1. The molecule has 0 atom stereocenters. The summed E-state index contributed by atoms with van der Waals surface area (Å²) in [5.74, 6) is 0.987. The highest BCUT2D eigenvalue weighted by Gasteiger charge is 2.17. The van der Waals surface area contributed by atoms with E-state index in [9.17, 15) is 4.79 Å². The van der Waals surface area contributed by atoms with Crippen molar-refractivity contribution in [2.75, 3.05) is 0 Å². The van der Waals surface area contributed by atoms with Crippen molar-refractivity contribution in [2.45, 2.75) is 20.3 Å². The lowest BCUT2D eigenvalue weighted by Crippen LogP contribution is -2.24. The quantitative estimate of drug-likeness (QED) is 0.836. The Labute approximate surface area is 106 Å².